The minimum Gasteiger partial charge on any atom is -0.497 e. The van der Waals surface area contributed by atoms with Gasteiger partial charge >= 0.3 is 0 Å². The number of nitrogens with one attached hydrogen (secondary N) is 2. The van der Waals surface area contributed by atoms with E-state index in [0.717, 1.165) is 34.9 Å². The Morgan fingerprint density at radius 1 is 1.07 bits per heavy atom. The van der Waals surface area contributed by atoms with Crippen LogP contribution in [0.5, 0.6) is 11.5 Å². The predicted molar refractivity (Wildman–Crippen MR) is 118 cm³/mol. The highest BCUT2D eigenvalue weighted by atomic mass is 16.5. The Kier molecular flexibility index (Phi) is 7.32. The van der Waals surface area contributed by atoms with Crippen molar-refractivity contribution in [2.24, 2.45) is 4.99 Å². The molecule has 0 bridgehead atoms. The molecule has 3 rings (SSSR count). The van der Waals surface area contributed by atoms with E-state index in [1.165, 1.54) is 5.56 Å². The van der Waals surface area contributed by atoms with Gasteiger partial charge in [-0.15, -0.1) is 0 Å². The standard InChI is InChI=1S/C23H28N4O3/c1-5-24-23(25-13-18-10-11-20(28-3)12-21(18)29-4)26-14-19-15-30-22(27-19)17-8-6-16(2)7-9-17/h6-12,15H,5,13-14H2,1-4H3,(H2,24,25,26). The smallest absolute Gasteiger partial charge is 0.226 e. The molecule has 0 aliphatic rings. The molecule has 0 saturated carbocycles. The molecular formula is C23H28N4O3. The highest BCUT2D eigenvalue weighted by Crippen LogP contribution is 2.25. The molecule has 0 spiro atoms. The third kappa shape index (κ3) is 5.53. The average Bonchev–Trinajstić information content (AvgIpc) is 3.25. The van der Waals surface area contributed by atoms with Crippen LogP contribution in [0.25, 0.3) is 11.5 Å². The van der Waals surface area contributed by atoms with E-state index in [4.69, 9.17) is 13.9 Å². The Hall–Kier alpha value is -3.48. The molecule has 7 nitrogen and oxygen atoms in total. The zero-order valence-electron chi connectivity index (χ0n) is 17.9. The summed E-state index contributed by atoms with van der Waals surface area (Å²) in [5.41, 5.74) is 3.93. The van der Waals surface area contributed by atoms with Gasteiger partial charge in [-0.05, 0) is 38.1 Å². The molecule has 0 unspecified atom stereocenters. The number of aliphatic imine (C=N–C) groups is 1. The van der Waals surface area contributed by atoms with Gasteiger partial charge in [0.15, 0.2) is 5.96 Å². The van der Waals surface area contributed by atoms with Crippen LogP contribution in [0, 0.1) is 6.92 Å². The first kappa shape index (κ1) is 21.2. The van der Waals surface area contributed by atoms with Gasteiger partial charge in [-0.3, -0.25) is 0 Å². The minimum absolute atomic E-state index is 0.468. The number of nitrogens with zero attached hydrogens (tertiary/aromatic N) is 2. The van der Waals surface area contributed by atoms with Gasteiger partial charge in [-0.25, -0.2) is 9.98 Å². The number of oxazole rings is 1. The summed E-state index contributed by atoms with van der Waals surface area (Å²) in [6, 6.07) is 13.8. The molecule has 2 aromatic carbocycles. The maximum Gasteiger partial charge on any atom is 0.226 e. The molecule has 2 N–H and O–H groups in total. The second-order valence-electron chi connectivity index (χ2n) is 6.74. The van der Waals surface area contributed by atoms with Crippen molar-refractivity contribution >= 4 is 5.96 Å². The molecule has 0 fully saturated rings. The monoisotopic (exact) mass is 408 g/mol. The highest BCUT2D eigenvalue weighted by Gasteiger charge is 2.08. The van der Waals surface area contributed by atoms with Crippen LogP contribution >= 0.6 is 0 Å². The summed E-state index contributed by atoms with van der Waals surface area (Å²) >= 11 is 0. The molecule has 1 aromatic heterocycles. The van der Waals surface area contributed by atoms with Crippen LogP contribution in [0.3, 0.4) is 0 Å². The summed E-state index contributed by atoms with van der Waals surface area (Å²) in [4.78, 5) is 9.21. The first-order valence-corrected chi connectivity index (χ1v) is 9.87. The van der Waals surface area contributed by atoms with Crippen LogP contribution < -0.4 is 20.1 Å². The Morgan fingerprint density at radius 2 is 1.87 bits per heavy atom. The number of rotatable bonds is 8. The molecular weight excluding hydrogens is 380 g/mol. The molecule has 0 saturated heterocycles. The van der Waals surface area contributed by atoms with E-state index in [-0.39, 0.29) is 0 Å². The van der Waals surface area contributed by atoms with Gasteiger partial charge in [0.1, 0.15) is 17.8 Å². The molecule has 0 radical (unpaired) electrons. The Labute approximate surface area is 177 Å². The number of hydrogen-bond donors (Lipinski definition) is 2. The lowest BCUT2D eigenvalue weighted by Crippen LogP contribution is -2.36. The van der Waals surface area contributed by atoms with Crippen LogP contribution in [0.2, 0.25) is 0 Å². The average molecular weight is 409 g/mol. The number of benzene rings is 2. The summed E-state index contributed by atoms with van der Waals surface area (Å²) < 4.78 is 16.3. The van der Waals surface area contributed by atoms with Crippen LogP contribution in [-0.2, 0) is 13.1 Å². The van der Waals surface area contributed by atoms with E-state index in [1.807, 2.05) is 49.4 Å². The third-order valence-electron chi connectivity index (χ3n) is 4.53. The van der Waals surface area contributed by atoms with Gasteiger partial charge < -0.3 is 24.5 Å². The van der Waals surface area contributed by atoms with Gasteiger partial charge in [-0.1, -0.05) is 17.7 Å². The van der Waals surface area contributed by atoms with Gasteiger partial charge in [0.2, 0.25) is 5.89 Å². The van der Waals surface area contributed by atoms with Crippen molar-refractivity contribution in [3.05, 3.63) is 65.5 Å². The fourth-order valence-corrected chi connectivity index (χ4v) is 2.88. The van der Waals surface area contributed by atoms with E-state index in [0.29, 0.717) is 24.9 Å². The lowest BCUT2D eigenvalue weighted by atomic mass is 10.1. The SMILES string of the molecule is CCNC(=NCc1ccc(OC)cc1OC)NCc1coc(-c2ccc(C)cc2)n1. The molecule has 1 heterocycles. The van der Waals surface area contributed by atoms with E-state index < -0.39 is 0 Å². The number of aryl methyl sites for hydroxylation is 1. The van der Waals surface area contributed by atoms with Crippen molar-refractivity contribution in [1.29, 1.82) is 0 Å². The summed E-state index contributed by atoms with van der Waals surface area (Å²) in [6.45, 7) is 5.80. The largest absolute Gasteiger partial charge is 0.497 e. The van der Waals surface area contributed by atoms with Crippen molar-refractivity contribution < 1.29 is 13.9 Å². The lowest BCUT2D eigenvalue weighted by molar-refractivity contribution is 0.391. The maximum atomic E-state index is 5.62. The Bertz CT molecular complexity index is 980. The van der Waals surface area contributed by atoms with Crippen molar-refractivity contribution in [1.82, 2.24) is 15.6 Å². The molecule has 0 atom stereocenters. The number of hydrogen-bond acceptors (Lipinski definition) is 5. The fourth-order valence-electron chi connectivity index (χ4n) is 2.88. The zero-order valence-corrected chi connectivity index (χ0v) is 17.9. The fraction of sp³-hybridized carbons (Fsp3) is 0.304. The second kappa shape index (κ2) is 10.3. The maximum absolute atomic E-state index is 5.62. The van der Waals surface area contributed by atoms with Crippen molar-refractivity contribution in [3.63, 3.8) is 0 Å². The highest BCUT2D eigenvalue weighted by molar-refractivity contribution is 5.79. The predicted octanol–water partition coefficient (Wildman–Crippen LogP) is 3.92. The summed E-state index contributed by atoms with van der Waals surface area (Å²) in [5.74, 6) is 2.79. The minimum atomic E-state index is 0.468. The van der Waals surface area contributed by atoms with Crippen LogP contribution in [0.4, 0.5) is 0 Å². The molecule has 30 heavy (non-hydrogen) atoms. The van der Waals surface area contributed by atoms with Crippen LogP contribution in [0.1, 0.15) is 23.7 Å². The van der Waals surface area contributed by atoms with E-state index in [1.54, 1.807) is 20.5 Å². The van der Waals surface area contributed by atoms with E-state index in [2.05, 4.69) is 27.5 Å². The quantitative estimate of drug-likeness (QED) is 0.434. The molecule has 0 amide bonds. The summed E-state index contributed by atoms with van der Waals surface area (Å²) in [6.07, 6.45) is 1.66. The Morgan fingerprint density at radius 3 is 2.57 bits per heavy atom. The zero-order chi connectivity index (χ0) is 21.3. The lowest BCUT2D eigenvalue weighted by Gasteiger charge is -2.12. The molecule has 3 aromatic rings. The van der Waals surface area contributed by atoms with Gasteiger partial charge in [0.25, 0.3) is 0 Å². The molecule has 7 heteroatoms. The summed E-state index contributed by atoms with van der Waals surface area (Å²) in [5, 5.41) is 6.53. The van der Waals surface area contributed by atoms with Crippen molar-refractivity contribution in [2.75, 3.05) is 20.8 Å². The number of guanidine groups is 1. The van der Waals surface area contributed by atoms with Gasteiger partial charge in [0, 0.05) is 23.7 Å². The van der Waals surface area contributed by atoms with Crippen LogP contribution in [0.15, 0.2) is 58.1 Å². The first-order valence-electron chi connectivity index (χ1n) is 9.87. The molecule has 0 aliphatic carbocycles. The van der Waals surface area contributed by atoms with E-state index in [9.17, 15) is 0 Å². The number of ether oxygens (including phenoxy) is 2. The first-order chi connectivity index (χ1) is 14.6. The second-order valence-corrected chi connectivity index (χ2v) is 6.74. The molecule has 0 aliphatic heterocycles. The number of methoxy groups -OCH3 is 2. The van der Waals surface area contributed by atoms with Gasteiger partial charge in [0.05, 0.1) is 33.0 Å². The Balaban J connectivity index is 1.65. The number of aromatic nitrogens is 1. The third-order valence-corrected chi connectivity index (χ3v) is 4.53. The van der Waals surface area contributed by atoms with Crippen LogP contribution in [-0.4, -0.2) is 31.7 Å². The van der Waals surface area contributed by atoms with E-state index >= 15 is 0 Å². The van der Waals surface area contributed by atoms with Crippen molar-refractivity contribution in [3.8, 4) is 23.0 Å². The normalized spacial score (nSPS) is 11.3. The molecule has 158 valence electrons. The topological polar surface area (TPSA) is 80.9 Å². The van der Waals surface area contributed by atoms with Crippen molar-refractivity contribution in [2.45, 2.75) is 26.9 Å². The van der Waals surface area contributed by atoms with Gasteiger partial charge in [-0.2, -0.15) is 0 Å². The summed E-state index contributed by atoms with van der Waals surface area (Å²) in [7, 11) is 3.27.